The van der Waals surface area contributed by atoms with Crippen LogP contribution < -0.4 is 0 Å². The second-order valence-electron chi connectivity index (χ2n) is 7.52. The lowest BCUT2D eigenvalue weighted by atomic mass is 10.0. The van der Waals surface area contributed by atoms with Gasteiger partial charge in [0, 0.05) is 4.90 Å². The van der Waals surface area contributed by atoms with E-state index in [0.717, 1.165) is 16.9 Å². The van der Waals surface area contributed by atoms with E-state index in [9.17, 15) is 9.59 Å². The molecule has 0 aliphatic heterocycles. The van der Waals surface area contributed by atoms with Crippen LogP contribution in [0.15, 0.2) is 53.4 Å². The Bertz CT molecular complexity index is 799. The molecule has 0 amide bonds. The Kier molecular flexibility index (Phi) is 11.2. The lowest BCUT2D eigenvalue weighted by molar-refractivity contribution is -0.152. The topological polar surface area (TPSA) is 52.6 Å². The Morgan fingerprint density at radius 1 is 0.839 bits per heavy atom. The van der Waals surface area contributed by atoms with Crippen molar-refractivity contribution in [2.75, 3.05) is 12.4 Å². The fourth-order valence-electron chi connectivity index (χ4n) is 3.15. The zero-order chi connectivity index (χ0) is 22.5. The van der Waals surface area contributed by atoms with Crippen LogP contribution in [0.1, 0.15) is 69.7 Å². The van der Waals surface area contributed by atoms with Gasteiger partial charge in [0.05, 0.1) is 12.2 Å². The van der Waals surface area contributed by atoms with Gasteiger partial charge in [0.1, 0.15) is 0 Å². The molecule has 0 heterocycles. The fourth-order valence-corrected chi connectivity index (χ4v) is 4.06. The largest absolute Gasteiger partial charge is 0.463 e. The van der Waals surface area contributed by atoms with E-state index < -0.39 is 18.0 Å². The van der Waals surface area contributed by atoms with Crippen molar-refractivity contribution in [3.05, 3.63) is 54.1 Å². The molecule has 168 valence electrons. The number of unbranched alkanes of at least 4 members (excludes halogenated alkanes) is 5. The summed E-state index contributed by atoms with van der Waals surface area (Å²) < 4.78 is 10.0. The number of carbonyl (C=O) groups excluding carboxylic acids is 2. The Labute approximate surface area is 190 Å². The van der Waals surface area contributed by atoms with Crippen molar-refractivity contribution in [1.29, 1.82) is 0 Å². The van der Waals surface area contributed by atoms with E-state index in [1.165, 1.54) is 50.3 Å². The highest BCUT2D eigenvalue weighted by Crippen LogP contribution is 2.25. The van der Waals surface area contributed by atoms with E-state index in [4.69, 9.17) is 9.47 Å². The SMILES string of the molecule is CCCCCCCCSc1ccc(-c2ccc(C(=O)O[C@@H](C)C(=O)OCC)cc2)cc1. The molecule has 1 atom stereocenters. The predicted molar refractivity (Wildman–Crippen MR) is 127 cm³/mol. The van der Waals surface area contributed by atoms with Crippen molar-refractivity contribution in [2.24, 2.45) is 0 Å². The maximum absolute atomic E-state index is 12.2. The van der Waals surface area contributed by atoms with Crippen molar-refractivity contribution in [3.8, 4) is 11.1 Å². The maximum Gasteiger partial charge on any atom is 0.347 e. The molecule has 4 nitrogen and oxygen atoms in total. The zero-order valence-corrected chi connectivity index (χ0v) is 19.7. The number of rotatable bonds is 13. The third kappa shape index (κ3) is 8.78. The first-order chi connectivity index (χ1) is 15.0. The highest BCUT2D eigenvalue weighted by atomic mass is 32.2. The summed E-state index contributed by atoms with van der Waals surface area (Å²) in [4.78, 5) is 25.1. The molecule has 0 aliphatic carbocycles. The van der Waals surface area contributed by atoms with E-state index in [-0.39, 0.29) is 6.61 Å². The molecule has 0 spiro atoms. The lowest BCUT2D eigenvalue weighted by Gasteiger charge is -2.12. The van der Waals surface area contributed by atoms with Crippen LogP contribution in [0.5, 0.6) is 0 Å². The van der Waals surface area contributed by atoms with Crippen molar-refractivity contribution >= 4 is 23.7 Å². The first kappa shape index (κ1) is 25.0. The monoisotopic (exact) mass is 442 g/mol. The van der Waals surface area contributed by atoms with Crippen LogP contribution in [0.3, 0.4) is 0 Å². The quantitative estimate of drug-likeness (QED) is 0.191. The highest BCUT2D eigenvalue weighted by molar-refractivity contribution is 7.99. The molecule has 2 rings (SSSR count). The van der Waals surface area contributed by atoms with Gasteiger partial charge in [0.15, 0.2) is 6.10 Å². The molecule has 0 aromatic heterocycles. The summed E-state index contributed by atoms with van der Waals surface area (Å²) in [5.41, 5.74) is 2.54. The van der Waals surface area contributed by atoms with Gasteiger partial charge in [-0.15, -0.1) is 11.8 Å². The van der Waals surface area contributed by atoms with E-state index in [0.29, 0.717) is 5.56 Å². The summed E-state index contributed by atoms with van der Waals surface area (Å²) in [7, 11) is 0. The third-order valence-corrected chi connectivity index (χ3v) is 6.08. The second-order valence-corrected chi connectivity index (χ2v) is 8.69. The highest BCUT2D eigenvalue weighted by Gasteiger charge is 2.19. The molecule has 0 saturated heterocycles. The normalized spacial score (nSPS) is 11.7. The van der Waals surface area contributed by atoms with Gasteiger partial charge in [-0.2, -0.15) is 0 Å². The summed E-state index contributed by atoms with van der Waals surface area (Å²) >= 11 is 1.91. The molecular formula is C26H34O4S. The second kappa shape index (κ2) is 13.9. The Morgan fingerprint density at radius 2 is 1.42 bits per heavy atom. The van der Waals surface area contributed by atoms with Gasteiger partial charge in [0.25, 0.3) is 0 Å². The molecular weight excluding hydrogens is 408 g/mol. The van der Waals surface area contributed by atoms with Gasteiger partial charge < -0.3 is 9.47 Å². The Morgan fingerprint density at radius 3 is 2.03 bits per heavy atom. The van der Waals surface area contributed by atoms with Crippen molar-refractivity contribution in [2.45, 2.75) is 70.3 Å². The standard InChI is InChI=1S/C26H34O4S/c1-4-6-7-8-9-10-19-31-24-17-15-22(16-18-24)21-11-13-23(14-12-21)26(28)30-20(3)25(27)29-5-2/h11-18,20H,4-10,19H2,1-3H3/t20-/m0/s1. The summed E-state index contributed by atoms with van der Waals surface area (Å²) in [5.74, 6) is 0.0856. The van der Waals surface area contributed by atoms with Crippen LogP contribution in [-0.4, -0.2) is 30.4 Å². The number of thioether (sulfide) groups is 1. The maximum atomic E-state index is 12.2. The van der Waals surface area contributed by atoms with Crippen molar-refractivity contribution in [1.82, 2.24) is 0 Å². The molecule has 2 aromatic rings. The third-order valence-electron chi connectivity index (χ3n) is 4.98. The van der Waals surface area contributed by atoms with Crippen LogP contribution in [-0.2, 0) is 14.3 Å². The number of hydrogen-bond donors (Lipinski definition) is 0. The van der Waals surface area contributed by atoms with E-state index in [2.05, 4.69) is 31.2 Å². The minimum absolute atomic E-state index is 0.256. The Balaban J connectivity index is 1.83. The molecule has 0 radical (unpaired) electrons. The smallest absolute Gasteiger partial charge is 0.347 e. The van der Waals surface area contributed by atoms with Gasteiger partial charge in [-0.05, 0) is 61.4 Å². The lowest BCUT2D eigenvalue weighted by Crippen LogP contribution is -2.26. The number of carbonyl (C=O) groups is 2. The first-order valence-electron chi connectivity index (χ1n) is 11.3. The molecule has 5 heteroatoms. The van der Waals surface area contributed by atoms with E-state index in [1.807, 2.05) is 23.9 Å². The van der Waals surface area contributed by atoms with E-state index in [1.54, 1.807) is 19.1 Å². The first-order valence-corrected chi connectivity index (χ1v) is 12.2. The molecule has 0 saturated carbocycles. The van der Waals surface area contributed by atoms with Crippen molar-refractivity contribution < 1.29 is 19.1 Å². The van der Waals surface area contributed by atoms with Crippen LogP contribution in [0.2, 0.25) is 0 Å². The molecule has 0 aliphatic rings. The fraction of sp³-hybridized carbons (Fsp3) is 0.462. The number of benzene rings is 2. The number of ether oxygens (including phenoxy) is 2. The van der Waals surface area contributed by atoms with E-state index >= 15 is 0 Å². The van der Waals surface area contributed by atoms with Gasteiger partial charge in [-0.1, -0.05) is 63.3 Å². The molecule has 2 aromatic carbocycles. The summed E-state index contributed by atoms with van der Waals surface area (Å²) in [6.45, 7) is 5.73. The average molecular weight is 443 g/mol. The van der Waals surface area contributed by atoms with Crippen LogP contribution in [0, 0.1) is 0 Å². The van der Waals surface area contributed by atoms with Gasteiger partial charge >= 0.3 is 11.9 Å². The van der Waals surface area contributed by atoms with Crippen LogP contribution >= 0.6 is 11.8 Å². The zero-order valence-electron chi connectivity index (χ0n) is 18.9. The predicted octanol–water partition coefficient (Wildman–Crippen LogP) is 6.91. The summed E-state index contributed by atoms with van der Waals surface area (Å²) in [5, 5.41) is 0. The minimum Gasteiger partial charge on any atom is -0.463 e. The van der Waals surface area contributed by atoms with Gasteiger partial charge in [-0.3, -0.25) is 0 Å². The van der Waals surface area contributed by atoms with Gasteiger partial charge in [0.2, 0.25) is 0 Å². The van der Waals surface area contributed by atoms with Crippen LogP contribution in [0.4, 0.5) is 0 Å². The summed E-state index contributed by atoms with van der Waals surface area (Å²) in [6.07, 6.45) is 7.01. The molecule has 31 heavy (non-hydrogen) atoms. The number of hydrogen-bond acceptors (Lipinski definition) is 5. The summed E-state index contributed by atoms with van der Waals surface area (Å²) in [6, 6.07) is 15.8. The average Bonchev–Trinajstić information content (AvgIpc) is 2.79. The van der Waals surface area contributed by atoms with Crippen molar-refractivity contribution in [3.63, 3.8) is 0 Å². The van der Waals surface area contributed by atoms with Crippen LogP contribution in [0.25, 0.3) is 11.1 Å². The molecule has 0 bridgehead atoms. The number of esters is 2. The molecule has 0 unspecified atom stereocenters. The Hall–Kier alpha value is -2.27. The molecule has 0 fully saturated rings. The molecule has 0 N–H and O–H groups in total. The van der Waals surface area contributed by atoms with Gasteiger partial charge in [-0.25, -0.2) is 9.59 Å². The minimum atomic E-state index is -0.923.